The normalized spacial score (nSPS) is 17.1. The zero-order valence-corrected chi connectivity index (χ0v) is 12.9. The summed E-state index contributed by atoms with van der Waals surface area (Å²) in [6, 6.07) is 7.90. The van der Waals surface area contributed by atoms with Crippen molar-refractivity contribution in [1.29, 1.82) is 0 Å². The summed E-state index contributed by atoms with van der Waals surface area (Å²) in [5.74, 6) is 0. The molecule has 1 aromatic heterocycles. The summed E-state index contributed by atoms with van der Waals surface area (Å²) in [5.41, 5.74) is 2.18. The lowest BCUT2D eigenvalue weighted by molar-refractivity contribution is 0.281. The van der Waals surface area contributed by atoms with E-state index in [4.69, 9.17) is 16.6 Å². The van der Waals surface area contributed by atoms with Gasteiger partial charge in [0.15, 0.2) is 0 Å². The molecule has 2 aromatic rings. The monoisotopic (exact) mass is 307 g/mol. The van der Waals surface area contributed by atoms with Crippen molar-refractivity contribution >= 4 is 22.9 Å². The minimum atomic E-state index is 0.771. The van der Waals surface area contributed by atoms with Gasteiger partial charge in [0.1, 0.15) is 5.01 Å². The van der Waals surface area contributed by atoms with E-state index in [0.29, 0.717) is 0 Å². The molecule has 1 N–H and O–H groups in total. The van der Waals surface area contributed by atoms with Crippen LogP contribution in [0.4, 0.5) is 0 Å². The van der Waals surface area contributed by atoms with Crippen molar-refractivity contribution in [3.8, 4) is 10.6 Å². The van der Waals surface area contributed by atoms with Gasteiger partial charge in [-0.15, -0.1) is 11.3 Å². The summed E-state index contributed by atoms with van der Waals surface area (Å²) in [5, 5.41) is 7.36. The standard InChI is InChI=1S/C15H18ClN3S/c16-14-5-2-1-4-13(14)15-18-12(11-20-15)10-19-8-3-6-17-7-9-19/h1-2,4-5,11,17H,3,6-10H2. The first-order chi connectivity index (χ1) is 9.83. The number of nitrogens with zero attached hydrogens (tertiary/aromatic N) is 2. The van der Waals surface area contributed by atoms with E-state index in [9.17, 15) is 0 Å². The first-order valence-electron chi connectivity index (χ1n) is 6.95. The Kier molecular flexibility index (Phi) is 4.68. The van der Waals surface area contributed by atoms with Crippen molar-refractivity contribution in [1.82, 2.24) is 15.2 Å². The quantitative estimate of drug-likeness (QED) is 0.943. The fraction of sp³-hybridized carbons (Fsp3) is 0.400. The maximum Gasteiger partial charge on any atom is 0.125 e. The van der Waals surface area contributed by atoms with Crippen LogP contribution in [0.2, 0.25) is 5.02 Å². The Bertz CT molecular complexity index is 562. The summed E-state index contributed by atoms with van der Waals surface area (Å²) in [6.45, 7) is 5.37. The maximum absolute atomic E-state index is 6.23. The molecule has 0 amide bonds. The summed E-state index contributed by atoms with van der Waals surface area (Å²) >= 11 is 7.90. The highest BCUT2D eigenvalue weighted by molar-refractivity contribution is 7.13. The van der Waals surface area contributed by atoms with E-state index in [2.05, 4.69) is 15.6 Å². The molecule has 2 heterocycles. The third kappa shape index (κ3) is 3.38. The Balaban J connectivity index is 1.72. The Hall–Kier alpha value is -0.940. The Morgan fingerprint density at radius 1 is 1.25 bits per heavy atom. The van der Waals surface area contributed by atoms with E-state index in [0.717, 1.165) is 54.0 Å². The molecule has 1 saturated heterocycles. The molecule has 106 valence electrons. The van der Waals surface area contributed by atoms with Crippen LogP contribution in [0.15, 0.2) is 29.6 Å². The lowest BCUT2D eigenvalue weighted by Gasteiger charge is -2.17. The molecule has 5 heteroatoms. The van der Waals surface area contributed by atoms with E-state index in [1.54, 1.807) is 11.3 Å². The zero-order chi connectivity index (χ0) is 13.8. The Labute approximate surface area is 128 Å². The van der Waals surface area contributed by atoms with Crippen LogP contribution in [-0.2, 0) is 6.54 Å². The van der Waals surface area contributed by atoms with Gasteiger partial charge in [-0.25, -0.2) is 4.98 Å². The molecule has 20 heavy (non-hydrogen) atoms. The summed E-state index contributed by atoms with van der Waals surface area (Å²) in [6.07, 6.45) is 1.21. The Morgan fingerprint density at radius 3 is 3.05 bits per heavy atom. The number of thiazole rings is 1. The fourth-order valence-electron chi connectivity index (χ4n) is 2.43. The molecule has 1 aromatic carbocycles. The highest BCUT2D eigenvalue weighted by Crippen LogP contribution is 2.30. The molecule has 1 aliphatic rings. The topological polar surface area (TPSA) is 28.2 Å². The number of halogens is 1. The summed E-state index contributed by atoms with van der Waals surface area (Å²) in [4.78, 5) is 7.20. The van der Waals surface area contributed by atoms with Crippen LogP contribution in [0.1, 0.15) is 12.1 Å². The highest BCUT2D eigenvalue weighted by atomic mass is 35.5. The minimum absolute atomic E-state index is 0.771. The molecule has 1 fully saturated rings. The van der Waals surface area contributed by atoms with Gasteiger partial charge in [-0.1, -0.05) is 29.8 Å². The lowest BCUT2D eigenvalue weighted by atomic mass is 10.2. The number of hydrogen-bond donors (Lipinski definition) is 1. The first-order valence-corrected chi connectivity index (χ1v) is 8.21. The molecule has 0 aliphatic carbocycles. The van der Waals surface area contributed by atoms with Crippen LogP contribution in [-0.4, -0.2) is 36.1 Å². The number of benzene rings is 1. The zero-order valence-electron chi connectivity index (χ0n) is 11.3. The van der Waals surface area contributed by atoms with Crippen LogP contribution < -0.4 is 5.32 Å². The van der Waals surface area contributed by atoms with Crippen molar-refractivity contribution in [2.75, 3.05) is 26.2 Å². The number of rotatable bonds is 3. The average molecular weight is 308 g/mol. The van der Waals surface area contributed by atoms with E-state index >= 15 is 0 Å². The number of aromatic nitrogens is 1. The number of nitrogens with one attached hydrogen (secondary N) is 1. The van der Waals surface area contributed by atoms with Gasteiger partial charge in [-0.2, -0.15) is 0 Å². The van der Waals surface area contributed by atoms with E-state index in [1.807, 2.05) is 24.3 Å². The van der Waals surface area contributed by atoms with Crippen molar-refractivity contribution in [3.05, 3.63) is 40.4 Å². The van der Waals surface area contributed by atoms with E-state index in [-0.39, 0.29) is 0 Å². The third-order valence-electron chi connectivity index (χ3n) is 3.47. The fourth-order valence-corrected chi connectivity index (χ4v) is 3.56. The molecule has 1 aliphatic heterocycles. The van der Waals surface area contributed by atoms with Crippen LogP contribution in [0.5, 0.6) is 0 Å². The van der Waals surface area contributed by atoms with Crippen molar-refractivity contribution in [2.45, 2.75) is 13.0 Å². The first kappa shape index (κ1) is 14.0. The molecular weight excluding hydrogens is 290 g/mol. The van der Waals surface area contributed by atoms with Crippen molar-refractivity contribution in [3.63, 3.8) is 0 Å². The van der Waals surface area contributed by atoms with Gasteiger partial charge in [0.2, 0.25) is 0 Å². The number of hydrogen-bond acceptors (Lipinski definition) is 4. The second-order valence-electron chi connectivity index (χ2n) is 5.00. The third-order valence-corrected chi connectivity index (χ3v) is 4.73. The van der Waals surface area contributed by atoms with Gasteiger partial charge in [0.25, 0.3) is 0 Å². The van der Waals surface area contributed by atoms with Crippen LogP contribution in [0, 0.1) is 0 Å². The predicted octanol–water partition coefficient (Wildman–Crippen LogP) is 3.26. The van der Waals surface area contributed by atoms with Crippen LogP contribution in [0.3, 0.4) is 0 Å². The second kappa shape index (κ2) is 6.68. The van der Waals surface area contributed by atoms with Gasteiger partial charge in [0.05, 0.1) is 10.7 Å². The van der Waals surface area contributed by atoms with Crippen LogP contribution in [0.25, 0.3) is 10.6 Å². The molecule has 0 unspecified atom stereocenters. The molecule has 0 saturated carbocycles. The van der Waals surface area contributed by atoms with Gasteiger partial charge in [-0.3, -0.25) is 4.90 Å². The molecule has 3 rings (SSSR count). The Morgan fingerprint density at radius 2 is 2.15 bits per heavy atom. The molecular formula is C15H18ClN3S. The summed E-state index contributed by atoms with van der Waals surface area (Å²) < 4.78 is 0. The van der Waals surface area contributed by atoms with Gasteiger partial charge in [-0.05, 0) is 25.6 Å². The van der Waals surface area contributed by atoms with Gasteiger partial charge < -0.3 is 5.32 Å². The largest absolute Gasteiger partial charge is 0.315 e. The van der Waals surface area contributed by atoms with Crippen molar-refractivity contribution < 1.29 is 0 Å². The highest BCUT2D eigenvalue weighted by Gasteiger charge is 2.12. The van der Waals surface area contributed by atoms with E-state index < -0.39 is 0 Å². The minimum Gasteiger partial charge on any atom is -0.315 e. The molecule has 0 spiro atoms. The van der Waals surface area contributed by atoms with Crippen LogP contribution >= 0.6 is 22.9 Å². The SMILES string of the molecule is Clc1ccccc1-c1nc(CN2CCCNCC2)cs1. The molecule has 3 nitrogen and oxygen atoms in total. The molecule has 0 atom stereocenters. The average Bonchev–Trinajstić information content (AvgIpc) is 2.75. The summed E-state index contributed by atoms with van der Waals surface area (Å²) in [7, 11) is 0. The lowest BCUT2D eigenvalue weighted by Crippen LogP contribution is -2.27. The van der Waals surface area contributed by atoms with E-state index in [1.165, 1.54) is 6.42 Å². The maximum atomic E-state index is 6.23. The van der Waals surface area contributed by atoms with Gasteiger partial charge in [0, 0.05) is 30.6 Å². The molecule has 0 bridgehead atoms. The van der Waals surface area contributed by atoms with Gasteiger partial charge >= 0.3 is 0 Å². The predicted molar refractivity (Wildman–Crippen MR) is 85.3 cm³/mol. The second-order valence-corrected chi connectivity index (χ2v) is 6.27. The smallest absolute Gasteiger partial charge is 0.125 e. The van der Waals surface area contributed by atoms with Crippen molar-refractivity contribution in [2.24, 2.45) is 0 Å². The molecule has 0 radical (unpaired) electrons.